The minimum atomic E-state index is -1.98. The minimum absolute atomic E-state index is 0.786. The molecule has 0 N–H and O–H groups in total. The maximum Gasteiger partial charge on any atom is 0.815 e. The molecule has 0 spiro atoms. The van der Waals surface area contributed by atoms with Crippen molar-refractivity contribution in [1.82, 2.24) is 0 Å². The Kier molecular flexibility index (Phi) is 3.55. The van der Waals surface area contributed by atoms with Crippen LogP contribution in [0.5, 0.6) is 5.75 Å². The van der Waals surface area contributed by atoms with Crippen molar-refractivity contribution in [2.24, 2.45) is 0 Å². The summed E-state index contributed by atoms with van der Waals surface area (Å²) in [7, 11) is 11.1. The fourth-order valence-corrected chi connectivity index (χ4v) is 1.82. The SMILES string of the molecule is Cc1ccccc1[O][Al]([Cl])[Cl]. The number of rotatable bonds is 2. The molecular formula is C7H7AlCl2O. The zero-order valence-corrected chi connectivity index (χ0v) is 8.72. The second-order valence-electron chi connectivity index (χ2n) is 2.14. The molecular weight excluding hydrogens is 198 g/mol. The lowest BCUT2D eigenvalue weighted by molar-refractivity contribution is 0.598. The molecule has 0 fully saturated rings. The second-order valence-corrected chi connectivity index (χ2v) is 5.95. The number of benzene rings is 1. The molecule has 0 amide bonds. The van der Waals surface area contributed by atoms with Crippen molar-refractivity contribution in [3.63, 3.8) is 0 Å². The summed E-state index contributed by atoms with van der Waals surface area (Å²) in [4.78, 5) is 0. The molecule has 11 heavy (non-hydrogen) atoms. The molecule has 0 aliphatic heterocycles. The van der Waals surface area contributed by atoms with E-state index in [4.69, 9.17) is 23.9 Å². The fraction of sp³-hybridized carbons (Fsp3) is 0.143. The second kappa shape index (κ2) is 4.23. The monoisotopic (exact) mass is 204 g/mol. The first kappa shape index (κ1) is 9.22. The molecule has 0 radical (unpaired) electrons. The van der Waals surface area contributed by atoms with E-state index in [2.05, 4.69) is 0 Å². The number of halogens is 2. The van der Waals surface area contributed by atoms with E-state index in [1.54, 1.807) is 0 Å². The Hall–Kier alpha value is 0.132. The van der Waals surface area contributed by atoms with Gasteiger partial charge in [0.2, 0.25) is 0 Å². The van der Waals surface area contributed by atoms with E-state index in [9.17, 15) is 0 Å². The summed E-state index contributed by atoms with van der Waals surface area (Å²) in [5, 5.41) is 0. The van der Waals surface area contributed by atoms with Gasteiger partial charge in [-0.25, -0.2) is 0 Å². The third kappa shape index (κ3) is 2.93. The first-order valence-corrected chi connectivity index (χ1v) is 7.17. The van der Waals surface area contributed by atoms with E-state index in [0.717, 1.165) is 11.3 Å². The van der Waals surface area contributed by atoms with E-state index in [-0.39, 0.29) is 0 Å². The van der Waals surface area contributed by atoms with Crippen LogP contribution < -0.4 is 3.79 Å². The molecule has 0 saturated carbocycles. The average Bonchev–Trinajstić information content (AvgIpc) is 1.93. The normalized spacial score (nSPS) is 9.36. The van der Waals surface area contributed by atoms with Crippen molar-refractivity contribution >= 4 is 32.7 Å². The van der Waals surface area contributed by atoms with Gasteiger partial charge in [0.1, 0.15) is 0 Å². The van der Waals surface area contributed by atoms with Crippen molar-refractivity contribution in [3.8, 4) is 5.75 Å². The Balaban J connectivity index is 2.78. The van der Waals surface area contributed by atoms with Crippen molar-refractivity contribution in [1.29, 1.82) is 0 Å². The Morgan fingerprint density at radius 1 is 1.27 bits per heavy atom. The van der Waals surface area contributed by atoms with Crippen LogP contribution in [-0.4, -0.2) is 12.6 Å². The maximum atomic E-state index is 5.57. The summed E-state index contributed by atoms with van der Waals surface area (Å²) in [6.07, 6.45) is 0. The van der Waals surface area contributed by atoms with Crippen LogP contribution in [-0.2, 0) is 0 Å². The Morgan fingerprint density at radius 3 is 2.45 bits per heavy atom. The van der Waals surface area contributed by atoms with Gasteiger partial charge in [0, 0.05) is 0 Å². The van der Waals surface area contributed by atoms with Gasteiger partial charge in [0.05, 0.1) is 5.75 Å². The lowest BCUT2D eigenvalue weighted by Crippen LogP contribution is -2.06. The predicted molar refractivity (Wildman–Crippen MR) is 49.3 cm³/mol. The maximum absolute atomic E-state index is 5.57. The summed E-state index contributed by atoms with van der Waals surface area (Å²) in [5.74, 6) is 0.786. The van der Waals surface area contributed by atoms with Crippen LogP contribution in [0.25, 0.3) is 0 Å². The van der Waals surface area contributed by atoms with Gasteiger partial charge in [-0.1, -0.05) is 18.2 Å². The molecule has 1 nitrogen and oxygen atoms in total. The highest BCUT2D eigenvalue weighted by atomic mass is 35.7. The van der Waals surface area contributed by atoms with Gasteiger partial charge >= 0.3 is 12.6 Å². The molecule has 0 aromatic heterocycles. The molecule has 0 heterocycles. The average molecular weight is 205 g/mol. The highest BCUT2D eigenvalue weighted by molar-refractivity contribution is 7.31. The molecule has 58 valence electrons. The van der Waals surface area contributed by atoms with Crippen LogP contribution in [0.3, 0.4) is 0 Å². The Morgan fingerprint density at radius 2 is 1.91 bits per heavy atom. The fourth-order valence-electron chi connectivity index (χ4n) is 0.785. The quantitative estimate of drug-likeness (QED) is 0.674. The molecule has 1 aromatic carbocycles. The van der Waals surface area contributed by atoms with Crippen molar-refractivity contribution in [3.05, 3.63) is 29.8 Å². The molecule has 1 aromatic rings. The highest BCUT2D eigenvalue weighted by Crippen LogP contribution is 2.18. The summed E-state index contributed by atoms with van der Waals surface area (Å²) >= 11 is -1.98. The summed E-state index contributed by atoms with van der Waals surface area (Å²) < 4.78 is 5.21. The summed E-state index contributed by atoms with van der Waals surface area (Å²) in [6, 6.07) is 7.66. The van der Waals surface area contributed by atoms with Crippen molar-refractivity contribution in [2.75, 3.05) is 0 Å². The van der Waals surface area contributed by atoms with Gasteiger partial charge in [0.15, 0.2) is 0 Å². The number of hydrogen-bond donors (Lipinski definition) is 0. The van der Waals surface area contributed by atoms with Crippen LogP contribution in [0.1, 0.15) is 5.56 Å². The zero-order valence-electron chi connectivity index (χ0n) is 6.05. The van der Waals surface area contributed by atoms with E-state index >= 15 is 0 Å². The third-order valence-corrected chi connectivity index (χ3v) is 2.28. The van der Waals surface area contributed by atoms with Crippen LogP contribution in [0.4, 0.5) is 0 Å². The number of para-hydroxylation sites is 1. The predicted octanol–water partition coefficient (Wildman–Crippen LogP) is 2.84. The van der Waals surface area contributed by atoms with Crippen LogP contribution in [0.2, 0.25) is 0 Å². The molecule has 0 aliphatic carbocycles. The molecule has 4 heteroatoms. The molecule has 0 atom stereocenters. The molecule has 1 rings (SSSR count). The number of hydrogen-bond acceptors (Lipinski definition) is 1. The topological polar surface area (TPSA) is 9.23 Å². The van der Waals surface area contributed by atoms with Crippen LogP contribution >= 0.6 is 20.1 Å². The first-order chi connectivity index (χ1) is 5.20. The van der Waals surface area contributed by atoms with Gasteiger partial charge in [-0.2, -0.15) is 20.1 Å². The first-order valence-electron chi connectivity index (χ1n) is 3.20. The summed E-state index contributed by atoms with van der Waals surface area (Å²) in [6.45, 7) is 1.96. The number of aryl methyl sites for hydroxylation is 1. The van der Waals surface area contributed by atoms with E-state index in [1.807, 2.05) is 31.2 Å². The van der Waals surface area contributed by atoms with Gasteiger partial charge in [-0.15, -0.1) is 0 Å². The third-order valence-electron chi connectivity index (χ3n) is 1.31. The lowest BCUT2D eigenvalue weighted by Gasteiger charge is -2.07. The largest absolute Gasteiger partial charge is 0.815 e. The van der Waals surface area contributed by atoms with Crippen molar-refractivity contribution in [2.45, 2.75) is 6.92 Å². The van der Waals surface area contributed by atoms with Gasteiger partial charge < -0.3 is 3.79 Å². The Labute approximate surface area is 79.0 Å². The van der Waals surface area contributed by atoms with E-state index in [0.29, 0.717) is 0 Å². The lowest BCUT2D eigenvalue weighted by atomic mass is 10.2. The summed E-state index contributed by atoms with van der Waals surface area (Å²) in [5.41, 5.74) is 1.06. The van der Waals surface area contributed by atoms with Crippen LogP contribution in [0, 0.1) is 6.92 Å². The molecule has 0 saturated heterocycles. The smallest absolute Gasteiger partial charge is 0.620 e. The van der Waals surface area contributed by atoms with E-state index in [1.165, 1.54) is 0 Å². The molecule has 0 aliphatic rings. The Bertz CT molecular complexity index is 240. The zero-order chi connectivity index (χ0) is 8.27. The van der Waals surface area contributed by atoms with E-state index < -0.39 is 12.6 Å². The standard InChI is InChI=1S/C7H8O.Al.2ClH/c1-6-4-2-3-5-7(6)8;;;/h2-5,8H,1H3;;2*1H/q;+3;;/p-3. The van der Waals surface area contributed by atoms with Gasteiger partial charge in [-0.3, -0.25) is 0 Å². The molecule has 0 unspecified atom stereocenters. The minimum Gasteiger partial charge on any atom is -0.620 e. The molecule has 0 bridgehead atoms. The van der Waals surface area contributed by atoms with Crippen molar-refractivity contribution < 1.29 is 3.79 Å². The van der Waals surface area contributed by atoms with Crippen LogP contribution in [0.15, 0.2) is 24.3 Å². The van der Waals surface area contributed by atoms with Gasteiger partial charge in [-0.05, 0) is 18.6 Å². The highest BCUT2D eigenvalue weighted by Gasteiger charge is 2.18. The van der Waals surface area contributed by atoms with Gasteiger partial charge in [0.25, 0.3) is 0 Å².